The molecule has 2 fully saturated rings. The van der Waals surface area contributed by atoms with Gasteiger partial charge in [-0.3, -0.25) is 14.6 Å². The van der Waals surface area contributed by atoms with Crippen molar-refractivity contribution in [3.05, 3.63) is 71.2 Å². The number of piperidine rings is 1. The van der Waals surface area contributed by atoms with Crippen LogP contribution >= 0.6 is 0 Å². The van der Waals surface area contributed by atoms with E-state index in [1.807, 2.05) is 31.3 Å². The lowest BCUT2D eigenvalue weighted by atomic mass is 9.92. The van der Waals surface area contributed by atoms with Gasteiger partial charge < -0.3 is 20.3 Å². The fourth-order valence-electron chi connectivity index (χ4n) is 5.19. The number of aryl methyl sites for hydroxylation is 1. The molecule has 3 atom stereocenters. The van der Waals surface area contributed by atoms with Crippen molar-refractivity contribution >= 4 is 11.8 Å². The standard InChI is InChI=1S/C27H32N4O3/c1-17-7-9-20(28-14-17)15-29-23-5-3-4-6-25(23)34-21-10-11-22-19(13-21)16-31(27(22)33)24-12-8-18(2)30-26(24)32/h7,9-11,13-14,23-25,29H,2-6,8,12,15-16H2,1H3,(H,30,32)/t23-,24?,25-/m1/s1. The Kier molecular flexibility index (Phi) is 6.37. The number of hydrogen-bond donors (Lipinski definition) is 2. The summed E-state index contributed by atoms with van der Waals surface area (Å²) < 4.78 is 6.45. The Balaban J connectivity index is 1.24. The largest absolute Gasteiger partial charge is 0.489 e. The third kappa shape index (κ3) is 4.71. The number of hydrogen-bond acceptors (Lipinski definition) is 5. The van der Waals surface area contributed by atoms with E-state index in [-0.39, 0.29) is 24.0 Å². The van der Waals surface area contributed by atoms with E-state index < -0.39 is 6.04 Å². The Morgan fingerprint density at radius 2 is 2.03 bits per heavy atom. The quantitative estimate of drug-likeness (QED) is 0.688. The van der Waals surface area contributed by atoms with Gasteiger partial charge in [-0.25, -0.2) is 0 Å². The number of nitrogens with zero attached hydrogens (tertiary/aromatic N) is 2. The number of nitrogens with one attached hydrogen (secondary N) is 2. The average molecular weight is 461 g/mol. The Morgan fingerprint density at radius 3 is 2.82 bits per heavy atom. The van der Waals surface area contributed by atoms with Gasteiger partial charge in [-0.05, 0) is 74.4 Å². The number of aromatic nitrogens is 1. The molecule has 2 amide bonds. The Hall–Kier alpha value is -3.19. The van der Waals surface area contributed by atoms with Gasteiger partial charge in [0.25, 0.3) is 5.91 Å². The van der Waals surface area contributed by atoms with E-state index in [1.54, 1.807) is 4.90 Å². The first-order valence-corrected chi connectivity index (χ1v) is 12.2. The monoisotopic (exact) mass is 460 g/mol. The highest BCUT2D eigenvalue weighted by atomic mass is 16.5. The molecule has 0 spiro atoms. The third-order valence-electron chi connectivity index (χ3n) is 7.12. The Labute approximate surface area is 200 Å². The summed E-state index contributed by atoms with van der Waals surface area (Å²) >= 11 is 0. The molecule has 2 N–H and O–H groups in total. The molecular weight excluding hydrogens is 428 g/mol. The van der Waals surface area contributed by atoms with Gasteiger partial charge in [0, 0.05) is 36.6 Å². The minimum atomic E-state index is -0.447. The molecule has 1 aromatic heterocycles. The van der Waals surface area contributed by atoms with Crippen molar-refractivity contribution in [2.45, 2.75) is 76.7 Å². The summed E-state index contributed by atoms with van der Waals surface area (Å²) in [4.78, 5) is 31.6. The summed E-state index contributed by atoms with van der Waals surface area (Å²) in [5, 5.41) is 6.43. The Bertz CT molecular complexity index is 1100. The van der Waals surface area contributed by atoms with Crippen molar-refractivity contribution in [1.82, 2.24) is 20.5 Å². The molecule has 1 unspecified atom stereocenters. The van der Waals surface area contributed by atoms with Crippen LogP contribution in [0.2, 0.25) is 0 Å². The molecule has 7 nitrogen and oxygen atoms in total. The van der Waals surface area contributed by atoms with Crippen molar-refractivity contribution in [3.8, 4) is 5.75 Å². The van der Waals surface area contributed by atoms with Crippen molar-refractivity contribution in [2.75, 3.05) is 0 Å². The molecule has 3 heterocycles. The van der Waals surface area contributed by atoms with Gasteiger partial charge in [0.15, 0.2) is 0 Å². The fourth-order valence-corrected chi connectivity index (χ4v) is 5.19. The first kappa shape index (κ1) is 22.6. The summed E-state index contributed by atoms with van der Waals surface area (Å²) in [6.07, 6.45) is 7.66. The molecule has 2 aromatic rings. The van der Waals surface area contributed by atoms with Gasteiger partial charge >= 0.3 is 0 Å². The van der Waals surface area contributed by atoms with Crippen LogP contribution in [0.3, 0.4) is 0 Å². The second-order valence-electron chi connectivity index (χ2n) is 9.65. The van der Waals surface area contributed by atoms with E-state index in [4.69, 9.17) is 4.74 Å². The molecule has 7 heteroatoms. The molecule has 1 aliphatic carbocycles. The van der Waals surface area contributed by atoms with Crippen LogP contribution in [0.15, 0.2) is 48.8 Å². The molecule has 1 saturated carbocycles. The van der Waals surface area contributed by atoms with E-state index in [2.05, 4.69) is 34.3 Å². The predicted molar refractivity (Wildman–Crippen MR) is 129 cm³/mol. The lowest BCUT2D eigenvalue weighted by Gasteiger charge is -2.32. The summed E-state index contributed by atoms with van der Waals surface area (Å²) in [5.41, 5.74) is 4.49. The maximum Gasteiger partial charge on any atom is 0.255 e. The summed E-state index contributed by atoms with van der Waals surface area (Å²) in [6.45, 7) is 7.02. The molecule has 0 radical (unpaired) electrons. The van der Waals surface area contributed by atoms with E-state index in [0.29, 0.717) is 31.5 Å². The van der Waals surface area contributed by atoms with Crippen LogP contribution in [0, 0.1) is 6.92 Å². The van der Waals surface area contributed by atoms with Gasteiger partial charge in [-0.15, -0.1) is 0 Å². The lowest BCUT2D eigenvalue weighted by Crippen LogP contribution is -2.49. The number of benzene rings is 1. The van der Waals surface area contributed by atoms with E-state index in [0.717, 1.165) is 47.5 Å². The zero-order chi connectivity index (χ0) is 23.7. The van der Waals surface area contributed by atoms with Crippen molar-refractivity contribution in [1.29, 1.82) is 0 Å². The molecule has 178 valence electrons. The maximum atomic E-state index is 13.0. The van der Waals surface area contributed by atoms with Crippen LogP contribution in [-0.2, 0) is 17.9 Å². The zero-order valence-corrected chi connectivity index (χ0v) is 19.7. The molecule has 3 aliphatic rings. The number of ether oxygens (including phenoxy) is 1. The molecule has 1 aromatic carbocycles. The first-order chi connectivity index (χ1) is 16.5. The third-order valence-corrected chi connectivity index (χ3v) is 7.12. The SMILES string of the molecule is C=C1CCC(N2Cc3cc(O[C@@H]4CCCC[C@H]4NCc4ccc(C)cn4)ccc3C2=O)C(=O)N1. The van der Waals surface area contributed by atoms with Crippen LogP contribution in [-0.4, -0.2) is 39.9 Å². The number of pyridine rings is 1. The smallest absolute Gasteiger partial charge is 0.255 e. The average Bonchev–Trinajstić information content (AvgIpc) is 3.15. The maximum absolute atomic E-state index is 13.0. The molecular formula is C27H32N4O3. The highest BCUT2D eigenvalue weighted by molar-refractivity contribution is 6.01. The van der Waals surface area contributed by atoms with Gasteiger partial charge in [0.2, 0.25) is 5.91 Å². The lowest BCUT2D eigenvalue weighted by molar-refractivity contribution is -0.126. The van der Waals surface area contributed by atoms with Gasteiger partial charge in [0.05, 0.1) is 5.69 Å². The molecule has 0 bridgehead atoms. The van der Waals surface area contributed by atoms with Gasteiger partial charge in [-0.1, -0.05) is 19.1 Å². The summed E-state index contributed by atoms with van der Waals surface area (Å²) in [6, 6.07) is 9.65. The number of amides is 2. The molecule has 2 aliphatic heterocycles. The van der Waals surface area contributed by atoms with Crippen LogP contribution < -0.4 is 15.4 Å². The van der Waals surface area contributed by atoms with Gasteiger partial charge in [0.1, 0.15) is 17.9 Å². The van der Waals surface area contributed by atoms with E-state index in [1.165, 1.54) is 6.42 Å². The minimum Gasteiger partial charge on any atom is -0.489 e. The Morgan fingerprint density at radius 1 is 1.18 bits per heavy atom. The molecule has 34 heavy (non-hydrogen) atoms. The first-order valence-electron chi connectivity index (χ1n) is 12.2. The van der Waals surface area contributed by atoms with Crippen molar-refractivity contribution in [3.63, 3.8) is 0 Å². The minimum absolute atomic E-state index is 0.0700. The second-order valence-corrected chi connectivity index (χ2v) is 9.65. The highest BCUT2D eigenvalue weighted by Gasteiger charge is 2.38. The number of allylic oxidation sites excluding steroid dienone is 1. The second kappa shape index (κ2) is 9.58. The summed E-state index contributed by atoms with van der Waals surface area (Å²) in [5.74, 6) is 0.548. The number of carbonyl (C=O) groups is 2. The molecule has 5 rings (SSSR count). The number of fused-ring (bicyclic) bond motifs is 1. The van der Waals surface area contributed by atoms with Crippen LogP contribution in [0.25, 0.3) is 0 Å². The van der Waals surface area contributed by atoms with Crippen molar-refractivity contribution < 1.29 is 14.3 Å². The van der Waals surface area contributed by atoms with E-state index >= 15 is 0 Å². The zero-order valence-electron chi connectivity index (χ0n) is 19.7. The fraction of sp³-hybridized carbons (Fsp3) is 0.444. The van der Waals surface area contributed by atoms with Gasteiger partial charge in [-0.2, -0.15) is 0 Å². The highest BCUT2D eigenvalue weighted by Crippen LogP contribution is 2.32. The normalized spacial score (nSPS) is 24.7. The topological polar surface area (TPSA) is 83.6 Å². The van der Waals surface area contributed by atoms with E-state index in [9.17, 15) is 9.59 Å². The van der Waals surface area contributed by atoms with Crippen molar-refractivity contribution in [2.24, 2.45) is 0 Å². The number of rotatable bonds is 6. The number of carbonyl (C=O) groups excluding carboxylic acids is 2. The van der Waals surface area contributed by atoms with Crippen LogP contribution in [0.1, 0.15) is 65.7 Å². The van der Waals surface area contributed by atoms with Crippen LogP contribution in [0.5, 0.6) is 5.75 Å². The van der Waals surface area contributed by atoms with Crippen LogP contribution in [0.4, 0.5) is 0 Å². The summed E-state index contributed by atoms with van der Waals surface area (Å²) in [7, 11) is 0. The molecule has 1 saturated heterocycles. The predicted octanol–water partition coefficient (Wildman–Crippen LogP) is 3.62.